The summed E-state index contributed by atoms with van der Waals surface area (Å²) in [5, 5.41) is 1.03. The Kier molecular flexibility index (Phi) is 3.37. The summed E-state index contributed by atoms with van der Waals surface area (Å²) in [6, 6.07) is 1.71. The predicted octanol–water partition coefficient (Wildman–Crippen LogP) is 4.02. The topological polar surface area (TPSA) is 38.9 Å². The fraction of sp³-hybridized carbons (Fsp3) is 0.545. The molecule has 0 atom stereocenters. The van der Waals surface area contributed by atoms with Crippen molar-refractivity contribution in [2.45, 2.75) is 38.0 Å². The minimum absolute atomic E-state index is 0.375. The average Bonchev–Trinajstić information content (AvgIpc) is 2.25. The summed E-state index contributed by atoms with van der Waals surface area (Å²) >= 11 is 12.0. The number of nitrogens with two attached hydrogens (primary N) is 1. The fourth-order valence-corrected chi connectivity index (χ4v) is 2.62. The van der Waals surface area contributed by atoms with Crippen molar-refractivity contribution in [2.24, 2.45) is 0 Å². The summed E-state index contributed by atoms with van der Waals surface area (Å²) in [5.74, 6) is 0.462. The smallest absolute Gasteiger partial charge is 0.152 e. The van der Waals surface area contributed by atoms with E-state index in [0.29, 0.717) is 21.8 Å². The van der Waals surface area contributed by atoms with Crippen molar-refractivity contribution in [2.75, 3.05) is 5.73 Å². The summed E-state index contributed by atoms with van der Waals surface area (Å²) in [4.78, 5) is 4.30. The van der Waals surface area contributed by atoms with Crippen LogP contribution in [0.1, 0.15) is 43.7 Å². The minimum Gasteiger partial charge on any atom is -0.396 e. The lowest BCUT2D eigenvalue weighted by Gasteiger charge is -2.22. The number of rotatable bonds is 1. The Bertz CT molecular complexity index is 360. The lowest BCUT2D eigenvalue weighted by Crippen LogP contribution is -2.08. The van der Waals surface area contributed by atoms with Crippen molar-refractivity contribution in [1.29, 1.82) is 0 Å². The maximum Gasteiger partial charge on any atom is 0.152 e. The number of hydrogen-bond donors (Lipinski definition) is 1. The van der Waals surface area contributed by atoms with Gasteiger partial charge in [0.05, 0.1) is 16.4 Å². The SMILES string of the molecule is Nc1cc(Cl)c(C2CCCCC2)nc1Cl. The first-order chi connectivity index (χ1) is 7.18. The molecule has 0 aromatic carbocycles. The Morgan fingerprint density at radius 1 is 1.20 bits per heavy atom. The Hall–Kier alpha value is -0.470. The van der Waals surface area contributed by atoms with Gasteiger partial charge < -0.3 is 5.73 Å². The third kappa shape index (κ3) is 2.37. The molecule has 0 radical (unpaired) electrons. The van der Waals surface area contributed by atoms with Gasteiger partial charge in [-0.2, -0.15) is 0 Å². The van der Waals surface area contributed by atoms with E-state index in [4.69, 9.17) is 28.9 Å². The van der Waals surface area contributed by atoms with Gasteiger partial charge in [0.15, 0.2) is 5.15 Å². The molecule has 0 spiro atoms. The number of aromatic nitrogens is 1. The normalized spacial score (nSPS) is 18.0. The molecule has 2 N–H and O–H groups in total. The highest BCUT2D eigenvalue weighted by Crippen LogP contribution is 2.36. The number of halogens is 2. The van der Waals surface area contributed by atoms with Gasteiger partial charge in [-0.1, -0.05) is 42.5 Å². The highest BCUT2D eigenvalue weighted by atomic mass is 35.5. The van der Waals surface area contributed by atoms with Gasteiger partial charge in [-0.05, 0) is 18.9 Å². The Morgan fingerprint density at radius 2 is 1.87 bits per heavy atom. The monoisotopic (exact) mass is 244 g/mol. The first-order valence-electron chi connectivity index (χ1n) is 5.30. The molecule has 1 aromatic heterocycles. The van der Waals surface area contributed by atoms with Crippen LogP contribution in [0, 0.1) is 0 Å². The first-order valence-corrected chi connectivity index (χ1v) is 6.05. The molecule has 0 aliphatic heterocycles. The van der Waals surface area contributed by atoms with E-state index in [0.717, 1.165) is 18.5 Å². The van der Waals surface area contributed by atoms with Gasteiger partial charge >= 0.3 is 0 Å². The summed E-state index contributed by atoms with van der Waals surface area (Å²) in [5.41, 5.74) is 7.03. The molecule has 1 fully saturated rings. The second kappa shape index (κ2) is 4.58. The predicted molar refractivity (Wildman–Crippen MR) is 64.5 cm³/mol. The first kappa shape index (κ1) is 11.0. The highest BCUT2D eigenvalue weighted by molar-refractivity contribution is 6.34. The van der Waals surface area contributed by atoms with E-state index in [1.54, 1.807) is 6.07 Å². The van der Waals surface area contributed by atoms with Crippen molar-refractivity contribution < 1.29 is 0 Å². The summed E-state index contributed by atoms with van der Waals surface area (Å²) in [6.07, 6.45) is 6.14. The van der Waals surface area contributed by atoms with Crippen LogP contribution in [0.4, 0.5) is 5.69 Å². The van der Waals surface area contributed by atoms with Crippen LogP contribution in [0.5, 0.6) is 0 Å². The lowest BCUT2D eigenvalue weighted by molar-refractivity contribution is 0.437. The molecule has 0 unspecified atom stereocenters. The van der Waals surface area contributed by atoms with Crippen molar-refractivity contribution in [3.8, 4) is 0 Å². The average molecular weight is 245 g/mol. The fourth-order valence-electron chi connectivity index (χ4n) is 2.16. The van der Waals surface area contributed by atoms with Crippen LogP contribution in [0.3, 0.4) is 0 Å². The van der Waals surface area contributed by atoms with E-state index in [2.05, 4.69) is 4.98 Å². The molecular weight excluding hydrogens is 231 g/mol. The molecule has 0 amide bonds. The number of anilines is 1. The van der Waals surface area contributed by atoms with Gasteiger partial charge in [0.1, 0.15) is 0 Å². The van der Waals surface area contributed by atoms with Crippen LogP contribution >= 0.6 is 23.2 Å². The Balaban J connectivity index is 2.30. The maximum absolute atomic E-state index is 6.13. The molecule has 1 aromatic rings. The third-order valence-electron chi connectivity index (χ3n) is 2.98. The van der Waals surface area contributed by atoms with Crippen LogP contribution in [0.25, 0.3) is 0 Å². The third-order valence-corrected chi connectivity index (χ3v) is 3.58. The maximum atomic E-state index is 6.13. The van der Waals surface area contributed by atoms with Gasteiger partial charge in [0, 0.05) is 5.92 Å². The molecule has 2 rings (SSSR count). The number of pyridine rings is 1. The lowest BCUT2D eigenvalue weighted by atomic mass is 9.86. The van der Waals surface area contributed by atoms with Gasteiger partial charge in [-0.3, -0.25) is 0 Å². The molecule has 2 nitrogen and oxygen atoms in total. The second-order valence-electron chi connectivity index (χ2n) is 4.07. The quantitative estimate of drug-likeness (QED) is 0.759. The second-order valence-corrected chi connectivity index (χ2v) is 4.84. The molecule has 82 valence electrons. The zero-order valence-electron chi connectivity index (χ0n) is 8.47. The zero-order valence-corrected chi connectivity index (χ0v) is 9.98. The highest BCUT2D eigenvalue weighted by Gasteiger charge is 2.20. The van der Waals surface area contributed by atoms with Crippen LogP contribution in [0.15, 0.2) is 6.07 Å². The van der Waals surface area contributed by atoms with E-state index >= 15 is 0 Å². The molecule has 1 heterocycles. The summed E-state index contributed by atoms with van der Waals surface area (Å²) in [6.45, 7) is 0. The van der Waals surface area contributed by atoms with E-state index in [-0.39, 0.29) is 0 Å². The Morgan fingerprint density at radius 3 is 2.53 bits per heavy atom. The molecule has 1 aliphatic rings. The van der Waals surface area contributed by atoms with Gasteiger partial charge in [0.25, 0.3) is 0 Å². The van der Waals surface area contributed by atoms with Crippen LogP contribution in [-0.2, 0) is 0 Å². The van der Waals surface area contributed by atoms with Crippen molar-refractivity contribution >= 4 is 28.9 Å². The standard InChI is InChI=1S/C11H14Cl2N2/c12-8-6-9(14)11(13)15-10(8)7-4-2-1-3-5-7/h6-7H,1-5,14H2. The van der Waals surface area contributed by atoms with Crippen LogP contribution in [-0.4, -0.2) is 4.98 Å². The largest absolute Gasteiger partial charge is 0.396 e. The molecule has 0 saturated heterocycles. The van der Waals surface area contributed by atoms with Gasteiger partial charge in [-0.25, -0.2) is 4.98 Å². The number of nitrogen functional groups attached to an aromatic ring is 1. The van der Waals surface area contributed by atoms with Crippen molar-refractivity contribution in [3.05, 3.63) is 21.9 Å². The molecule has 0 bridgehead atoms. The number of nitrogens with zero attached hydrogens (tertiary/aromatic N) is 1. The molecule has 15 heavy (non-hydrogen) atoms. The molecule has 1 aliphatic carbocycles. The zero-order chi connectivity index (χ0) is 10.8. The van der Waals surface area contributed by atoms with Crippen LogP contribution in [0.2, 0.25) is 10.2 Å². The molecule has 4 heteroatoms. The van der Waals surface area contributed by atoms with Crippen molar-refractivity contribution in [3.63, 3.8) is 0 Å². The van der Waals surface area contributed by atoms with Crippen LogP contribution < -0.4 is 5.73 Å². The minimum atomic E-state index is 0.375. The number of hydrogen-bond acceptors (Lipinski definition) is 2. The Labute approximate surface area is 99.8 Å². The molecular formula is C11H14Cl2N2. The van der Waals surface area contributed by atoms with Crippen molar-refractivity contribution in [1.82, 2.24) is 4.98 Å². The van der Waals surface area contributed by atoms with E-state index < -0.39 is 0 Å². The van der Waals surface area contributed by atoms with E-state index in [1.165, 1.54) is 19.3 Å². The van der Waals surface area contributed by atoms with Gasteiger partial charge in [-0.15, -0.1) is 0 Å². The van der Waals surface area contributed by atoms with Gasteiger partial charge in [0.2, 0.25) is 0 Å². The summed E-state index contributed by atoms with van der Waals surface area (Å²) < 4.78 is 0. The van der Waals surface area contributed by atoms with E-state index in [9.17, 15) is 0 Å². The van der Waals surface area contributed by atoms with E-state index in [1.807, 2.05) is 0 Å². The molecule has 1 saturated carbocycles. The summed E-state index contributed by atoms with van der Waals surface area (Å²) in [7, 11) is 0.